The summed E-state index contributed by atoms with van der Waals surface area (Å²) in [6.07, 6.45) is -5.03. The van der Waals surface area contributed by atoms with Crippen molar-refractivity contribution < 1.29 is 32.3 Å². The van der Waals surface area contributed by atoms with E-state index in [0.29, 0.717) is 0 Å². The quantitative estimate of drug-likeness (QED) is 0.621. The minimum absolute atomic E-state index is 0.00472. The average Bonchev–Trinajstić information content (AvgIpc) is 2.18. The van der Waals surface area contributed by atoms with E-state index in [2.05, 4.69) is 4.74 Å². The summed E-state index contributed by atoms with van der Waals surface area (Å²) in [6, 6.07) is 1.68. The van der Waals surface area contributed by atoms with E-state index in [4.69, 9.17) is 10.0 Å². The predicted molar refractivity (Wildman–Crippen MR) is 52.4 cm³/mol. The summed E-state index contributed by atoms with van der Waals surface area (Å²) in [5.74, 6) is -2.23. The Bertz CT molecular complexity index is 406. The van der Waals surface area contributed by atoms with E-state index in [1.165, 1.54) is 6.92 Å². The zero-order valence-electron chi connectivity index (χ0n) is 8.75. The van der Waals surface area contributed by atoms with Gasteiger partial charge in [0.25, 0.3) is 0 Å². The van der Waals surface area contributed by atoms with Crippen LogP contribution in [0.1, 0.15) is 12.5 Å². The molecule has 0 aliphatic rings. The molecule has 1 aromatic rings. The third-order valence-corrected chi connectivity index (χ3v) is 2.00. The summed E-state index contributed by atoms with van der Waals surface area (Å²) in [7, 11) is -2.41. The van der Waals surface area contributed by atoms with Gasteiger partial charge in [0, 0.05) is 0 Å². The molecular formula is C9H9BF4O3. The van der Waals surface area contributed by atoms with Gasteiger partial charge in [-0.2, -0.15) is 13.2 Å². The van der Waals surface area contributed by atoms with E-state index in [9.17, 15) is 17.6 Å². The molecular weight excluding hydrogens is 243 g/mol. The number of hydrogen-bond donors (Lipinski definition) is 2. The Hall–Kier alpha value is -1.28. The van der Waals surface area contributed by atoms with Crippen molar-refractivity contribution >= 4 is 12.6 Å². The number of alkyl halides is 3. The maximum Gasteiger partial charge on any atom is 0.489 e. The molecule has 0 aliphatic carbocycles. The van der Waals surface area contributed by atoms with Crippen LogP contribution in [0.15, 0.2) is 12.1 Å². The molecule has 3 nitrogen and oxygen atoms in total. The summed E-state index contributed by atoms with van der Waals surface area (Å²) in [5.41, 5.74) is -2.67. The lowest BCUT2D eigenvalue weighted by Gasteiger charge is -2.15. The topological polar surface area (TPSA) is 49.7 Å². The fraction of sp³-hybridized carbons (Fsp3) is 0.333. The second kappa shape index (κ2) is 4.93. The molecule has 0 atom stereocenters. The molecule has 0 aliphatic heterocycles. The zero-order valence-corrected chi connectivity index (χ0v) is 8.75. The lowest BCUT2D eigenvalue weighted by atomic mass is 9.76. The number of halogens is 4. The molecule has 0 bridgehead atoms. The predicted octanol–water partition coefficient (Wildman–Crippen LogP) is 0.923. The highest BCUT2D eigenvalue weighted by atomic mass is 19.4. The Morgan fingerprint density at radius 2 is 1.88 bits per heavy atom. The Labute approximate surface area is 94.8 Å². The molecule has 1 aromatic carbocycles. The van der Waals surface area contributed by atoms with Crippen LogP contribution in [-0.2, 0) is 6.18 Å². The van der Waals surface area contributed by atoms with Gasteiger partial charge in [0.2, 0.25) is 0 Å². The monoisotopic (exact) mass is 252 g/mol. The van der Waals surface area contributed by atoms with Gasteiger partial charge in [0.1, 0.15) is 0 Å². The highest BCUT2D eigenvalue weighted by Gasteiger charge is 2.40. The second-order valence-corrected chi connectivity index (χ2v) is 3.15. The summed E-state index contributed by atoms with van der Waals surface area (Å²) in [4.78, 5) is 0. The molecule has 2 N–H and O–H groups in total. The minimum Gasteiger partial charge on any atom is -0.491 e. The molecule has 17 heavy (non-hydrogen) atoms. The number of rotatable bonds is 3. The van der Waals surface area contributed by atoms with Crippen LogP contribution in [0.3, 0.4) is 0 Å². The SMILES string of the molecule is CCOc1ccc(B(O)O)c(C(F)(F)F)c1F. The van der Waals surface area contributed by atoms with E-state index in [1.54, 1.807) is 0 Å². The van der Waals surface area contributed by atoms with Crippen molar-refractivity contribution in [1.82, 2.24) is 0 Å². The summed E-state index contributed by atoms with van der Waals surface area (Å²) in [6.45, 7) is 1.48. The van der Waals surface area contributed by atoms with Crippen LogP contribution in [0.5, 0.6) is 5.75 Å². The Balaban J connectivity index is 3.42. The molecule has 0 aromatic heterocycles. The van der Waals surface area contributed by atoms with E-state index < -0.39 is 35.9 Å². The van der Waals surface area contributed by atoms with Crippen molar-refractivity contribution in [2.24, 2.45) is 0 Å². The van der Waals surface area contributed by atoms with Crippen LogP contribution in [0.2, 0.25) is 0 Å². The van der Waals surface area contributed by atoms with Crippen LogP contribution >= 0.6 is 0 Å². The highest BCUT2D eigenvalue weighted by molar-refractivity contribution is 6.59. The van der Waals surface area contributed by atoms with Crippen molar-refractivity contribution in [3.8, 4) is 5.75 Å². The number of benzene rings is 1. The standard InChI is InChI=1S/C9H9BF4O3/c1-2-17-6-4-3-5(10(15)16)7(8(6)11)9(12,13)14/h3-4,15-16H,2H2,1H3. The third-order valence-electron chi connectivity index (χ3n) is 2.00. The first-order chi connectivity index (χ1) is 7.79. The smallest absolute Gasteiger partial charge is 0.489 e. The first-order valence-corrected chi connectivity index (χ1v) is 4.67. The first kappa shape index (κ1) is 13.8. The molecule has 0 amide bonds. The van der Waals surface area contributed by atoms with Crippen molar-refractivity contribution in [3.05, 3.63) is 23.5 Å². The maximum absolute atomic E-state index is 13.5. The van der Waals surface area contributed by atoms with Gasteiger partial charge in [-0.15, -0.1) is 0 Å². The fourth-order valence-electron chi connectivity index (χ4n) is 1.34. The molecule has 0 heterocycles. The fourth-order valence-corrected chi connectivity index (χ4v) is 1.34. The average molecular weight is 252 g/mol. The molecule has 0 unspecified atom stereocenters. The highest BCUT2D eigenvalue weighted by Crippen LogP contribution is 2.33. The van der Waals surface area contributed by atoms with Gasteiger partial charge < -0.3 is 14.8 Å². The lowest BCUT2D eigenvalue weighted by molar-refractivity contribution is -0.139. The Kier molecular flexibility index (Phi) is 4.00. The minimum atomic E-state index is -5.03. The van der Waals surface area contributed by atoms with Crippen LogP contribution in [0.4, 0.5) is 17.6 Å². The van der Waals surface area contributed by atoms with E-state index in [1.807, 2.05) is 0 Å². The molecule has 0 fully saturated rings. The van der Waals surface area contributed by atoms with Crippen molar-refractivity contribution in [1.29, 1.82) is 0 Å². The van der Waals surface area contributed by atoms with Crippen molar-refractivity contribution in [2.75, 3.05) is 6.61 Å². The van der Waals surface area contributed by atoms with Crippen LogP contribution in [0, 0.1) is 5.82 Å². The molecule has 1 rings (SSSR count). The van der Waals surface area contributed by atoms with Crippen LogP contribution in [0.25, 0.3) is 0 Å². The van der Waals surface area contributed by atoms with Gasteiger partial charge in [-0.1, -0.05) is 6.07 Å². The largest absolute Gasteiger partial charge is 0.491 e. The first-order valence-electron chi connectivity index (χ1n) is 4.67. The molecule has 0 saturated heterocycles. The van der Waals surface area contributed by atoms with E-state index in [-0.39, 0.29) is 6.61 Å². The Morgan fingerprint density at radius 1 is 1.29 bits per heavy atom. The Morgan fingerprint density at radius 3 is 2.29 bits per heavy atom. The lowest BCUT2D eigenvalue weighted by Crippen LogP contribution is -2.37. The normalized spacial score (nSPS) is 11.5. The van der Waals surface area contributed by atoms with Crippen molar-refractivity contribution in [2.45, 2.75) is 13.1 Å². The molecule has 0 radical (unpaired) electrons. The number of hydrogen-bond acceptors (Lipinski definition) is 3. The van der Waals surface area contributed by atoms with Crippen LogP contribution in [-0.4, -0.2) is 23.8 Å². The molecule has 94 valence electrons. The third kappa shape index (κ3) is 2.89. The number of ether oxygens (including phenoxy) is 1. The summed E-state index contributed by atoms with van der Waals surface area (Å²) >= 11 is 0. The van der Waals surface area contributed by atoms with Gasteiger partial charge in [0.15, 0.2) is 11.6 Å². The second-order valence-electron chi connectivity index (χ2n) is 3.15. The zero-order chi connectivity index (χ0) is 13.2. The molecule has 8 heteroatoms. The van der Waals surface area contributed by atoms with Gasteiger partial charge in [-0.3, -0.25) is 0 Å². The van der Waals surface area contributed by atoms with Gasteiger partial charge in [0.05, 0.1) is 12.2 Å². The van der Waals surface area contributed by atoms with Gasteiger partial charge in [-0.05, 0) is 18.5 Å². The molecule has 0 spiro atoms. The van der Waals surface area contributed by atoms with Gasteiger partial charge >= 0.3 is 13.3 Å². The molecule has 0 saturated carbocycles. The van der Waals surface area contributed by atoms with Gasteiger partial charge in [-0.25, -0.2) is 4.39 Å². The van der Waals surface area contributed by atoms with E-state index in [0.717, 1.165) is 12.1 Å². The maximum atomic E-state index is 13.5. The van der Waals surface area contributed by atoms with E-state index >= 15 is 0 Å². The summed E-state index contributed by atoms with van der Waals surface area (Å²) < 4.78 is 55.9. The summed E-state index contributed by atoms with van der Waals surface area (Å²) in [5, 5.41) is 17.5. The van der Waals surface area contributed by atoms with Crippen LogP contribution < -0.4 is 10.2 Å². The van der Waals surface area contributed by atoms with Crippen molar-refractivity contribution in [3.63, 3.8) is 0 Å².